The molecule has 0 aliphatic rings. The Labute approximate surface area is 122 Å². The third-order valence-electron chi connectivity index (χ3n) is 2.91. The van der Waals surface area contributed by atoms with E-state index in [9.17, 15) is 0 Å². The molecule has 0 atom stereocenters. The van der Waals surface area contributed by atoms with Crippen LogP contribution in [0, 0.1) is 0 Å². The van der Waals surface area contributed by atoms with Crippen molar-refractivity contribution in [2.75, 3.05) is 24.7 Å². The van der Waals surface area contributed by atoms with E-state index in [1.54, 1.807) is 0 Å². The molecule has 0 bridgehead atoms. The van der Waals surface area contributed by atoms with Gasteiger partial charge in [-0.3, -0.25) is 0 Å². The summed E-state index contributed by atoms with van der Waals surface area (Å²) in [6.07, 6.45) is 2.92. The van der Waals surface area contributed by atoms with Crippen molar-refractivity contribution < 1.29 is 5.11 Å². The van der Waals surface area contributed by atoms with E-state index >= 15 is 0 Å². The molecule has 0 aliphatic heterocycles. The number of H-pyrrole nitrogens is 1. The van der Waals surface area contributed by atoms with Crippen LogP contribution in [0.15, 0.2) is 24.4 Å². The number of rotatable bonds is 8. The Morgan fingerprint density at radius 1 is 1.32 bits per heavy atom. The second-order valence-corrected chi connectivity index (χ2v) is 6.03. The molecule has 3 nitrogen and oxygen atoms in total. The summed E-state index contributed by atoms with van der Waals surface area (Å²) < 4.78 is 0. The summed E-state index contributed by atoms with van der Waals surface area (Å²) in [5.41, 5.74) is 2.36. The number of aliphatic hydroxyl groups excluding tert-OH is 1. The van der Waals surface area contributed by atoms with Gasteiger partial charge in [0, 0.05) is 47.6 Å². The molecule has 19 heavy (non-hydrogen) atoms. The third-order valence-corrected chi connectivity index (χ3v) is 4.22. The normalized spacial score (nSPS) is 11.3. The predicted octanol–water partition coefficient (Wildman–Crippen LogP) is 3.03. The molecule has 0 unspecified atom stereocenters. The van der Waals surface area contributed by atoms with Crippen LogP contribution in [0.1, 0.15) is 12.0 Å². The van der Waals surface area contributed by atoms with Crippen LogP contribution in [0.2, 0.25) is 5.02 Å². The Kier molecular flexibility index (Phi) is 6.04. The number of benzene rings is 1. The highest BCUT2D eigenvalue weighted by molar-refractivity contribution is 7.99. The van der Waals surface area contributed by atoms with Gasteiger partial charge in [-0.15, -0.1) is 0 Å². The molecule has 2 rings (SSSR count). The quantitative estimate of drug-likeness (QED) is 0.657. The summed E-state index contributed by atoms with van der Waals surface area (Å²) in [4.78, 5) is 3.24. The molecule has 0 aliphatic carbocycles. The van der Waals surface area contributed by atoms with Gasteiger partial charge in [-0.25, -0.2) is 0 Å². The van der Waals surface area contributed by atoms with Crippen molar-refractivity contribution in [3.63, 3.8) is 0 Å². The van der Waals surface area contributed by atoms with Gasteiger partial charge in [0.15, 0.2) is 0 Å². The molecule has 0 fully saturated rings. The Balaban J connectivity index is 1.76. The second kappa shape index (κ2) is 7.80. The number of aromatic amines is 1. The molecular weight excluding hydrogens is 280 g/mol. The molecule has 0 saturated heterocycles. The summed E-state index contributed by atoms with van der Waals surface area (Å²) in [5, 5.41) is 14.1. The summed E-state index contributed by atoms with van der Waals surface area (Å²) in [6, 6.07) is 5.93. The molecule has 3 N–H and O–H groups in total. The van der Waals surface area contributed by atoms with Crippen molar-refractivity contribution in [2.45, 2.75) is 13.0 Å². The molecule has 0 saturated carbocycles. The SMILES string of the molecule is OCCCSCCNCc1c[nH]c2cc(Cl)ccc12. The van der Waals surface area contributed by atoms with E-state index in [0.717, 1.165) is 41.6 Å². The van der Waals surface area contributed by atoms with Gasteiger partial charge in [-0.2, -0.15) is 11.8 Å². The minimum atomic E-state index is 0.290. The van der Waals surface area contributed by atoms with E-state index in [1.807, 2.05) is 30.1 Å². The maximum atomic E-state index is 8.67. The lowest BCUT2D eigenvalue weighted by molar-refractivity contribution is 0.296. The molecule has 2 aromatic rings. The van der Waals surface area contributed by atoms with Crippen molar-refractivity contribution in [3.8, 4) is 0 Å². The standard InChI is InChI=1S/C14H19ClN2OS/c15-12-2-3-13-11(10-17-14(13)8-12)9-16-4-7-19-6-1-5-18/h2-3,8,10,16-18H,1,4-7,9H2. The summed E-state index contributed by atoms with van der Waals surface area (Å²) in [5.74, 6) is 2.11. The van der Waals surface area contributed by atoms with Gasteiger partial charge >= 0.3 is 0 Å². The van der Waals surface area contributed by atoms with Crippen LogP contribution in [0.25, 0.3) is 10.9 Å². The summed E-state index contributed by atoms with van der Waals surface area (Å²) >= 11 is 7.83. The van der Waals surface area contributed by atoms with Crippen LogP contribution in [0.3, 0.4) is 0 Å². The Hall–Kier alpha value is -0.680. The number of halogens is 1. The number of hydrogen-bond donors (Lipinski definition) is 3. The zero-order valence-corrected chi connectivity index (χ0v) is 12.4. The van der Waals surface area contributed by atoms with Gasteiger partial charge in [-0.05, 0) is 29.9 Å². The van der Waals surface area contributed by atoms with Gasteiger partial charge in [-0.1, -0.05) is 17.7 Å². The first-order chi connectivity index (χ1) is 9.31. The summed E-state index contributed by atoms with van der Waals surface area (Å²) in [7, 11) is 0. The van der Waals surface area contributed by atoms with E-state index < -0.39 is 0 Å². The third kappa shape index (κ3) is 4.42. The lowest BCUT2D eigenvalue weighted by Gasteiger charge is -2.04. The molecule has 104 valence electrons. The van der Waals surface area contributed by atoms with Crippen molar-refractivity contribution in [1.82, 2.24) is 10.3 Å². The number of aromatic nitrogens is 1. The zero-order valence-electron chi connectivity index (χ0n) is 10.8. The lowest BCUT2D eigenvalue weighted by Crippen LogP contribution is -2.16. The largest absolute Gasteiger partial charge is 0.396 e. The fourth-order valence-electron chi connectivity index (χ4n) is 1.94. The Morgan fingerprint density at radius 3 is 3.05 bits per heavy atom. The average molecular weight is 299 g/mol. The summed E-state index contributed by atoms with van der Waals surface area (Å²) in [6.45, 7) is 2.14. The molecule has 5 heteroatoms. The van der Waals surface area contributed by atoms with Gasteiger partial charge < -0.3 is 15.4 Å². The maximum absolute atomic E-state index is 8.67. The van der Waals surface area contributed by atoms with Crippen molar-refractivity contribution in [2.24, 2.45) is 0 Å². The van der Waals surface area contributed by atoms with Crippen molar-refractivity contribution in [1.29, 1.82) is 0 Å². The fraction of sp³-hybridized carbons (Fsp3) is 0.429. The molecular formula is C14H19ClN2OS. The van der Waals surface area contributed by atoms with E-state index in [4.69, 9.17) is 16.7 Å². The zero-order chi connectivity index (χ0) is 13.5. The van der Waals surface area contributed by atoms with E-state index in [0.29, 0.717) is 6.61 Å². The van der Waals surface area contributed by atoms with Crippen LogP contribution in [0.4, 0.5) is 0 Å². The predicted molar refractivity (Wildman–Crippen MR) is 84.0 cm³/mol. The highest BCUT2D eigenvalue weighted by Crippen LogP contribution is 2.21. The van der Waals surface area contributed by atoms with Gasteiger partial charge in [0.25, 0.3) is 0 Å². The van der Waals surface area contributed by atoms with Crippen LogP contribution in [0.5, 0.6) is 0 Å². The molecule has 0 radical (unpaired) electrons. The van der Waals surface area contributed by atoms with Crippen LogP contribution < -0.4 is 5.32 Å². The Bertz CT molecular complexity index is 515. The van der Waals surface area contributed by atoms with E-state index in [-0.39, 0.29) is 0 Å². The smallest absolute Gasteiger partial charge is 0.0472 e. The van der Waals surface area contributed by atoms with Crippen molar-refractivity contribution >= 4 is 34.3 Å². The first-order valence-electron chi connectivity index (χ1n) is 6.46. The molecule has 1 aromatic carbocycles. The first-order valence-corrected chi connectivity index (χ1v) is 7.99. The Morgan fingerprint density at radius 2 is 2.21 bits per heavy atom. The number of fused-ring (bicyclic) bond motifs is 1. The number of nitrogens with one attached hydrogen (secondary N) is 2. The fourth-order valence-corrected chi connectivity index (χ4v) is 2.94. The van der Waals surface area contributed by atoms with Gasteiger partial charge in [0.1, 0.15) is 0 Å². The maximum Gasteiger partial charge on any atom is 0.0472 e. The van der Waals surface area contributed by atoms with Gasteiger partial charge in [0.2, 0.25) is 0 Å². The van der Waals surface area contributed by atoms with Crippen LogP contribution in [-0.2, 0) is 6.54 Å². The van der Waals surface area contributed by atoms with Crippen LogP contribution >= 0.6 is 23.4 Å². The monoisotopic (exact) mass is 298 g/mol. The van der Waals surface area contributed by atoms with Gasteiger partial charge in [0.05, 0.1) is 0 Å². The topological polar surface area (TPSA) is 48.0 Å². The highest BCUT2D eigenvalue weighted by atomic mass is 35.5. The number of thioether (sulfide) groups is 1. The second-order valence-electron chi connectivity index (χ2n) is 4.37. The lowest BCUT2D eigenvalue weighted by atomic mass is 10.2. The number of aliphatic hydroxyl groups is 1. The first kappa shape index (κ1) is 14.7. The molecule has 0 amide bonds. The number of hydrogen-bond acceptors (Lipinski definition) is 3. The van der Waals surface area contributed by atoms with E-state index in [1.165, 1.54) is 10.9 Å². The molecule has 1 heterocycles. The highest BCUT2D eigenvalue weighted by Gasteiger charge is 2.03. The van der Waals surface area contributed by atoms with E-state index in [2.05, 4.69) is 16.4 Å². The minimum absolute atomic E-state index is 0.290. The molecule has 0 spiro atoms. The molecule has 1 aromatic heterocycles. The average Bonchev–Trinajstić information content (AvgIpc) is 2.80. The minimum Gasteiger partial charge on any atom is -0.396 e. The van der Waals surface area contributed by atoms with Crippen LogP contribution in [-0.4, -0.2) is 34.7 Å². The van der Waals surface area contributed by atoms with Crippen molar-refractivity contribution in [3.05, 3.63) is 35.0 Å².